The Morgan fingerprint density at radius 1 is 0.929 bits per heavy atom. The summed E-state index contributed by atoms with van der Waals surface area (Å²) in [4.78, 5) is 24.6. The van der Waals surface area contributed by atoms with E-state index in [9.17, 15) is 18.4 Å². The van der Waals surface area contributed by atoms with Gasteiger partial charge in [-0.05, 0) is 19.1 Å². The van der Waals surface area contributed by atoms with Crippen molar-refractivity contribution in [3.63, 3.8) is 0 Å². The normalized spacial score (nSPS) is 11.4. The van der Waals surface area contributed by atoms with Crippen LogP contribution in [0.5, 0.6) is 17.2 Å². The second-order valence-corrected chi connectivity index (χ2v) is 5.57. The van der Waals surface area contributed by atoms with Crippen LogP contribution in [0.2, 0.25) is 0 Å². The molecule has 0 fully saturated rings. The number of esters is 1. The van der Waals surface area contributed by atoms with Gasteiger partial charge < -0.3 is 24.3 Å². The summed E-state index contributed by atoms with van der Waals surface area (Å²) in [5, 5.41) is 2.23. The maximum absolute atomic E-state index is 13.7. The van der Waals surface area contributed by atoms with Crippen molar-refractivity contribution in [2.24, 2.45) is 0 Å². The highest BCUT2D eigenvalue weighted by Crippen LogP contribution is 2.35. The van der Waals surface area contributed by atoms with Gasteiger partial charge in [0.15, 0.2) is 17.6 Å². The summed E-state index contributed by atoms with van der Waals surface area (Å²) in [5.74, 6) is -2.63. The summed E-state index contributed by atoms with van der Waals surface area (Å²) >= 11 is 0. The van der Waals surface area contributed by atoms with Crippen molar-refractivity contribution in [3.05, 3.63) is 47.5 Å². The monoisotopic (exact) mass is 395 g/mol. The lowest BCUT2D eigenvalue weighted by atomic mass is 10.1. The smallest absolute Gasteiger partial charge is 0.342 e. The molecule has 0 aromatic heterocycles. The quantitative estimate of drug-likeness (QED) is 0.725. The number of amides is 1. The highest BCUT2D eigenvalue weighted by Gasteiger charge is 2.24. The molecule has 1 N–H and O–H groups in total. The molecule has 1 amide bonds. The molecule has 7 nitrogen and oxygen atoms in total. The minimum absolute atomic E-state index is 0.00719. The molecule has 2 aromatic rings. The number of methoxy groups -OCH3 is 3. The zero-order valence-electron chi connectivity index (χ0n) is 15.7. The molecule has 0 aliphatic carbocycles. The van der Waals surface area contributed by atoms with Crippen molar-refractivity contribution < 1.29 is 37.3 Å². The molecule has 1 atom stereocenters. The highest BCUT2D eigenvalue weighted by molar-refractivity contribution is 5.98. The SMILES string of the molecule is COc1cc(OC)c(C(=O)OC(C)C(=O)Nc2ccc(F)cc2F)cc1OC. The standard InChI is InChI=1S/C19H19F2NO6/c1-10(18(23)22-14-6-5-11(20)7-13(14)21)28-19(24)12-8-16(26-3)17(27-4)9-15(12)25-2/h5-10H,1-4H3,(H,22,23). The Labute approximate surface area is 160 Å². The molecule has 0 aliphatic rings. The van der Waals surface area contributed by atoms with Crippen LogP contribution in [0.3, 0.4) is 0 Å². The Morgan fingerprint density at radius 2 is 1.54 bits per heavy atom. The van der Waals surface area contributed by atoms with E-state index in [0.717, 1.165) is 12.1 Å². The number of hydrogen-bond acceptors (Lipinski definition) is 6. The molecule has 150 valence electrons. The predicted octanol–water partition coefficient (Wildman–Crippen LogP) is 3.17. The van der Waals surface area contributed by atoms with Crippen molar-refractivity contribution in [2.45, 2.75) is 13.0 Å². The summed E-state index contributed by atoms with van der Waals surface area (Å²) in [6.45, 7) is 1.31. The summed E-state index contributed by atoms with van der Waals surface area (Å²) < 4.78 is 47.1. The van der Waals surface area contributed by atoms with E-state index in [2.05, 4.69) is 5.32 Å². The lowest BCUT2D eigenvalue weighted by molar-refractivity contribution is -0.123. The summed E-state index contributed by atoms with van der Waals surface area (Å²) in [6.07, 6.45) is -1.27. The van der Waals surface area contributed by atoms with Gasteiger partial charge in [-0.2, -0.15) is 0 Å². The Balaban J connectivity index is 2.16. The van der Waals surface area contributed by atoms with Gasteiger partial charge in [0.1, 0.15) is 22.9 Å². The topological polar surface area (TPSA) is 83.1 Å². The fraction of sp³-hybridized carbons (Fsp3) is 0.263. The molecular formula is C19H19F2NO6. The minimum Gasteiger partial charge on any atom is -0.496 e. The van der Waals surface area contributed by atoms with Gasteiger partial charge in [0.05, 0.1) is 27.0 Å². The second kappa shape index (κ2) is 9.03. The molecule has 0 saturated heterocycles. The number of carbonyl (C=O) groups excluding carboxylic acids is 2. The third-order valence-electron chi connectivity index (χ3n) is 3.77. The molecule has 1 unspecified atom stereocenters. The first-order chi connectivity index (χ1) is 13.3. The maximum atomic E-state index is 13.7. The van der Waals surface area contributed by atoms with Gasteiger partial charge in [-0.25, -0.2) is 13.6 Å². The second-order valence-electron chi connectivity index (χ2n) is 5.57. The summed E-state index contributed by atoms with van der Waals surface area (Å²) in [6, 6.07) is 5.47. The number of halogens is 2. The third-order valence-corrected chi connectivity index (χ3v) is 3.77. The van der Waals surface area contributed by atoms with Gasteiger partial charge in [0.25, 0.3) is 5.91 Å². The van der Waals surface area contributed by atoms with Crippen LogP contribution in [-0.2, 0) is 9.53 Å². The average molecular weight is 395 g/mol. The Morgan fingerprint density at radius 3 is 2.11 bits per heavy atom. The first-order valence-electron chi connectivity index (χ1n) is 8.07. The largest absolute Gasteiger partial charge is 0.496 e. The first kappa shape index (κ1) is 20.9. The zero-order chi connectivity index (χ0) is 20.8. The molecule has 0 spiro atoms. The number of hydrogen-bond donors (Lipinski definition) is 1. The van der Waals surface area contributed by atoms with Crippen molar-refractivity contribution >= 4 is 17.6 Å². The number of rotatable bonds is 7. The van der Waals surface area contributed by atoms with E-state index in [1.807, 2.05) is 0 Å². The zero-order valence-corrected chi connectivity index (χ0v) is 15.7. The van der Waals surface area contributed by atoms with Crippen LogP contribution in [0.4, 0.5) is 14.5 Å². The number of benzene rings is 2. The number of anilines is 1. The first-order valence-corrected chi connectivity index (χ1v) is 8.07. The highest BCUT2D eigenvalue weighted by atomic mass is 19.1. The van der Waals surface area contributed by atoms with Crippen molar-refractivity contribution in [2.75, 3.05) is 26.6 Å². The maximum Gasteiger partial charge on any atom is 0.342 e. The van der Waals surface area contributed by atoms with Crippen LogP contribution in [0.1, 0.15) is 17.3 Å². The number of nitrogens with one attached hydrogen (secondary N) is 1. The van der Waals surface area contributed by atoms with E-state index in [4.69, 9.17) is 18.9 Å². The fourth-order valence-corrected chi connectivity index (χ4v) is 2.29. The van der Waals surface area contributed by atoms with Crippen LogP contribution >= 0.6 is 0 Å². The third kappa shape index (κ3) is 4.67. The molecule has 2 rings (SSSR count). The van der Waals surface area contributed by atoms with Crippen molar-refractivity contribution in [3.8, 4) is 17.2 Å². The fourth-order valence-electron chi connectivity index (χ4n) is 2.29. The average Bonchev–Trinajstić information content (AvgIpc) is 2.68. The van der Waals surface area contributed by atoms with E-state index in [0.29, 0.717) is 11.8 Å². The number of carbonyl (C=O) groups is 2. The molecule has 2 aromatic carbocycles. The van der Waals surface area contributed by atoms with Crippen molar-refractivity contribution in [1.82, 2.24) is 0 Å². The molecule has 0 aliphatic heterocycles. The van der Waals surface area contributed by atoms with E-state index in [1.165, 1.54) is 40.4 Å². The van der Waals surface area contributed by atoms with E-state index in [-0.39, 0.29) is 22.7 Å². The van der Waals surface area contributed by atoms with Crippen LogP contribution < -0.4 is 19.5 Å². The molecule has 0 bridgehead atoms. The van der Waals surface area contributed by atoms with Gasteiger partial charge in [-0.3, -0.25) is 4.79 Å². The molecule has 28 heavy (non-hydrogen) atoms. The van der Waals surface area contributed by atoms with Crippen molar-refractivity contribution in [1.29, 1.82) is 0 Å². The van der Waals surface area contributed by atoms with Gasteiger partial charge in [-0.1, -0.05) is 0 Å². The molecule has 9 heteroatoms. The van der Waals surface area contributed by atoms with E-state index in [1.54, 1.807) is 0 Å². The van der Waals surface area contributed by atoms with E-state index >= 15 is 0 Å². The van der Waals surface area contributed by atoms with E-state index < -0.39 is 29.6 Å². The molecule has 0 saturated carbocycles. The van der Waals surface area contributed by atoms with Gasteiger partial charge in [0.2, 0.25) is 0 Å². The summed E-state index contributed by atoms with van der Waals surface area (Å²) in [7, 11) is 4.18. The Bertz CT molecular complexity index is 887. The predicted molar refractivity (Wildman–Crippen MR) is 96.0 cm³/mol. The Kier molecular flexibility index (Phi) is 6.75. The lowest BCUT2D eigenvalue weighted by Crippen LogP contribution is -2.30. The van der Waals surface area contributed by atoms with Crippen LogP contribution in [-0.4, -0.2) is 39.3 Å². The lowest BCUT2D eigenvalue weighted by Gasteiger charge is -2.16. The Hall–Kier alpha value is -3.36. The van der Waals surface area contributed by atoms with Gasteiger partial charge in [0, 0.05) is 18.2 Å². The molecule has 0 heterocycles. The van der Waals surface area contributed by atoms with Crippen LogP contribution in [0.15, 0.2) is 30.3 Å². The number of ether oxygens (including phenoxy) is 4. The minimum atomic E-state index is -1.27. The molecular weight excluding hydrogens is 376 g/mol. The molecule has 0 radical (unpaired) electrons. The summed E-state index contributed by atoms with van der Waals surface area (Å²) in [5.41, 5.74) is -0.231. The van der Waals surface area contributed by atoms with Gasteiger partial charge in [-0.15, -0.1) is 0 Å². The van der Waals surface area contributed by atoms with Gasteiger partial charge >= 0.3 is 5.97 Å². The van der Waals surface area contributed by atoms with Crippen LogP contribution in [0, 0.1) is 11.6 Å². The van der Waals surface area contributed by atoms with Crippen LogP contribution in [0.25, 0.3) is 0 Å².